The molecule has 1 aliphatic rings. The maximum absolute atomic E-state index is 8.69. The van der Waals surface area contributed by atoms with Crippen molar-refractivity contribution in [3.8, 4) is 0 Å². The molecule has 1 unspecified atom stereocenters. The van der Waals surface area contributed by atoms with E-state index in [0.717, 1.165) is 6.42 Å². The van der Waals surface area contributed by atoms with Crippen molar-refractivity contribution in [2.45, 2.75) is 26.4 Å². The van der Waals surface area contributed by atoms with Crippen LogP contribution in [0.2, 0.25) is 0 Å². The molecule has 1 rings (SSSR count). The summed E-state index contributed by atoms with van der Waals surface area (Å²) >= 11 is 0. The van der Waals surface area contributed by atoms with Crippen LogP contribution in [-0.2, 0) is 0 Å². The highest BCUT2D eigenvalue weighted by molar-refractivity contribution is 4.94. The lowest BCUT2D eigenvalue weighted by atomic mass is 10.2. The summed E-state index contributed by atoms with van der Waals surface area (Å²) in [6, 6.07) is 0. The molecule has 0 aromatic heterocycles. The standard InChI is InChI=1S/C5H10O.C3H9N/c1-5(2)3-4(5)6;1-4(2)3/h4,6H,3H2,1-2H3;1-3H3. The zero-order valence-corrected chi connectivity index (χ0v) is 7.68. The van der Waals surface area contributed by atoms with Crippen molar-refractivity contribution in [3.05, 3.63) is 0 Å². The molecule has 1 atom stereocenters. The van der Waals surface area contributed by atoms with Crippen LogP contribution >= 0.6 is 0 Å². The molecule has 0 radical (unpaired) electrons. The van der Waals surface area contributed by atoms with E-state index in [1.807, 2.05) is 26.0 Å². The van der Waals surface area contributed by atoms with E-state index < -0.39 is 0 Å². The van der Waals surface area contributed by atoms with Gasteiger partial charge in [0.2, 0.25) is 0 Å². The molecule has 1 saturated carbocycles. The van der Waals surface area contributed by atoms with Gasteiger partial charge in [0.15, 0.2) is 0 Å². The number of hydrogen-bond acceptors (Lipinski definition) is 2. The summed E-state index contributed by atoms with van der Waals surface area (Å²) < 4.78 is 0. The van der Waals surface area contributed by atoms with Crippen LogP contribution in [-0.4, -0.2) is 37.3 Å². The molecule has 0 heterocycles. The van der Waals surface area contributed by atoms with Gasteiger partial charge in [-0.05, 0) is 33.0 Å². The molecule has 0 aromatic rings. The Bertz CT molecular complexity index is 96.7. The fourth-order valence-electron chi connectivity index (χ4n) is 0.439. The molecule has 1 N–H and O–H groups in total. The Morgan fingerprint density at radius 3 is 1.40 bits per heavy atom. The lowest BCUT2D eigenvalue weighted by Crippen LogP contribution is -1.99. The van der Waals surface area contributed by atoms with Crippen molar-refractivity contribution in [1.82, 2.24) is 4.90 Å². The van der Waals surface area contributed by atoms with Gasteiger partial charge in [0, 0.05) is 0 Å². The molecular formula is C8H19NO. The molecule has 0 bridgehead atoms. The maximum atomic E-state index is 8.69. The van der Waals surface area contributed by atoms with Gasteiger partial charge < -0.3 is 10.0 Å². The summed E-state index contributed by atoms with van der Waals surface area (Å²) in [5, 5.41) is 8.69. The van der Waals surface area contributed by atoms with E-state index in [-0.39, 0.29) is 11.5 Å². The molecule has 0 aliphatic heterocycles. The predicted octanol–water partition coefficient (Wildman–Crippen LogP) is 0.955. The van der Waals surface area contributed by atoms with Gasteiger partial charge in [-0.1, -0.05) is 13.8 Å². The van der Waals surface area contributed by atoms with Crippen molar-refractivity contribution < 1.29 is 5.11 Å². The minimum atomic E-state index is -0.00231. The first-order chi connectivity index (χ1) is 4.36. The summed E-state index contributed by atoms with van der Waals surface area (Å²) in [6.07, 6.45) is 0.991. The normalized spacial score (nSPS) is 27.3. The zero-order valence-electron chi connectivity index (χ0n) is 7.68. The highest BCUT2D eigenvalue weighted by Gasteiger charge is 2.44. The van der Waals surface area contributed by atoms with E-state index >= 15 is 0 Å². The van der Waals surface area contributed by atoms with Crippen molar-refractivity contribution in [3.63, 3.8) is 0 Å². The number of nitrogens with zero attached hydrogens (tertiary/aromatic N) is 1. The zero-order chi connectivity index (χ0) is 8.36. The molecule has 0 amide bonds. The van der Waals surface area contributed by atoms with Gasteiger partial charge in [0.25, 0.3) is 0 Å². The fraction of sp³-hybridized carbons (Fsp3) is 1.00. The summed E-state index contributed by atoms with van der Waals surface area (Å²) in [5.41, 5.74) is 0.264. The molecule has 62 valence electrons. The molecule has 0 aromatic carbocycles. The second-order valence-corrected chi connectivity index (χ2v) is 4.05. The Morgan fingerprint density at radius 1 is 1.30 bits per heavy atom. The maximum Gasteiger partial charge on any atom is 0.0598 e. The van der Waals surface area contributed by atoms with Crippen LogP contribution in [0.3, 0.4) is 0 Å². The molecule has 1 aliphatic carbocycles. The lowest BCUT2D eigenvalue weighted by molar-refractivity contribution is 0.235. The summed E-state index contributed by atoms with van der Waals surface area (Å²) in [5.74, 6) is 0. The van der Waals surface area contributed by atoms with Crippen LogP contribution in [0.15, 0.2) is 0 Å². The first kappa shape index (κ1) is 9.92. The van der Waals surface area contributed by atoms with Crippen LogP contribution < -0.4 is 0 Å². The Balaban J connectivity index is 0.000000180. The second kappa shape index (κ2) is 3.35. The van der Waals surface area contributed by atoms with Crippen LogP contribution in [0.5, 0.6) is 0 Å². The van der Waals surface area contributed by atoms with Gasteiger partial charge in [-0.2, -0.15) is 0 Å². The lowest BCUT2D eigenvalue weighted by Gasteiger charge is -1.90. The van der Waals surface area contributed by atoms with E-state index in [1.165, 1.54) is 0 Å². The Labute approximate surface area is 63.8 Å². The Kier molecular flexibility index (Phi) is 3.33. The summed E-state index contributed by atoms with van der Waals surface area (Å²) in [4.78, 5) is 2.00. The van der Waals surface area contributed by atoms with E-state index in [0.29, 0.717) is 0 Å². The minimum Gasteiger partial charge on any atom is -0.393 e. The second-order valence-electron chi connectivity index (χ2n) is 4.05. The first-order valence-electron chi connectivity index (χ1n) is 3.65. The van der Waals surface area contributed by atoms with Gasteiger partial charge in [0.1, 0.15) is 0 Å². The third-order valence-electron chi connectivity index (χ3n) is 1.46. The molecule has 0 spiro atoms. The quantitative estimate of drug-likeness (QED) is 0.548. The van der Waals surface area contributed by atoms with Crippen molar-refractivity contribution in [2.75, 3.05) is 21.1 Å². The molecule has 10 heavy (non-hydrogen) atoms. The first-order valence-corrected chi connectivity index (χ1v) is 3.65. The van der Waals surface area contributed by atoms with Gasteiger partial charge in [-0.25, -0.2) is 0 Å². The van der Waals surface area contributed by atoms with Crippen molar-refractivity contribution >= 4 is 0 Å². The number of rotatable bonds is 0. The van der Waals surface area contributed by atoms with Gasteiger partial charge in [0.05, 0.1) is 6.10 Å². The number of hydrogen-bond donors (Lipinski definition) is 1. The highest BCUT2D eigenvalue weighted by Crippen LogP contribution is 2.44. The van der Waals surface area contributed by atoms with E-state index in [4.69, 9.17) is 5.11 Å². The van der Waals surface area contributed by atoms with Gasteiger partial charge in [-0.15, -0.1) is 0 Å². The van der Waals surface area contributed by atoms with E-state index in [9.17, 15) is 0 Å². The third kappa shape index (κ3) is 4.77. The third-order valence-corrected chi connectivity index (χ3v) is 1.46. The number of aliphatic hydroxyl groups excluding tert-OH is 1. The van der Waals surface area contributed by atoms with E-state index in [1.54, 1.807) is 0 Å². The van der Waals surface area contributed by atoms with Crippen molar-refractivity contribution in [1.29, 1.82) is 0 Å². The van der Waals surface area contributed by atoms with Crippen LogP contribution in [0, 0.1) is 5.41 Å². The molecule has 0 saturated heterocycles. The topological polar surface area (TPSA) is 23.5 Å². The predicted molar refractivity (Wildman–Crippen MR) is 44.0 cm³/mol. The largest absolute Gasteiger partial charge is 0.393 e. The van der Waals surface area contributed by atoms with Gasteiger partial charge >= 0.3 is 0 Å². The number of aliphatic hydroxyl groups is 1. The summed E-state index contributed by atoms with van der Waals surface area (Å²) in [7, 11) is 6.00. The molecule has 2 heteroatoms. The monoisotopic (exact) mass is 145 g/mol. The Morgan fingerprint density at radius 2 is 1.40 bits per heavy atom. The van der Waals surface area contributed by atoms with Gasteiger partial charge in [-0.3, -0.25) is 0 Å². The summed E-state index contributed by atoms with van der Waals surface area (Å²) in [6.45, 7) is 4.13. The molecular weight excluding hydrogens is 126 g/mol. The smallest absolute Gasteiger partial charge is 0.0598 e. The average Bonchev–Trinajstić information content (AvgIpc) is 2.08. The minimum absolute atomic E-state index is 0.00231. The molecule has 1 fully saturated rings. The van der Waals surface area contributed by atoms with Crippen LogP contribution in [0.4, 0.5) is 0 Å². The Hall–Kier alpha value is -0.0800. The average molecular weight is 145 g/mol. The molecule has 2 nitrogen and oxygen atoms in total. The van der Waals surface area contributed by atoms with Crippen LogP contribution in [0.1, 0.15) is 20.3 Å². The fourth-order valence-corrected chi connectivity index (χ4v) is 0.439. The van der Waals surface area contributed by atoms with Crippen molar-refractivity contribution in [2.24, 2.45) is 5.41 Å². The van der Waals surface area contributed by atoms with Crippen LogP contribution in [0.25, 0.3) is 0 Å². The highest BCUT2D eigenvalue weighted by atomic mass is 16.3. The van der Waals surface area contributed by atoms with E-state index in [2.05, 4.69) is 13.8 Å². The SMILES string of the molecule is CC1(C)CC1O.CN(C)C.